The molecule has 0 saturated carbocycles. The van der Waals surface area contributed by atoms with Gasteiger partial charge >= 0.3 is 0 Å². The molecule has 5 nitrogen and oxygen atoms in total. The number of fused-ring (bicyclic) bond motifs is 3. The SMILES string of the molecule is C[C@@H]1CC(=O)C2=C(CC[C@]3(O)[C@H]2C(=O)c2cccc(O)c2[C@@H]3O)C1. The van der Waals surface area contributed by atoms with Crippen LogP contribution in [-0.4, -0.2) is 32.5 Å². The highest BCUT2D eigenvalue weighted by Gasteiger charge is 2.58. The fraction of sp³-hybridized carbons (Fsp3) is 0.474. The second kappa shape index (κ2) is 5.01. The van der Waals surface area contributed by atoms with Gasteiger partial charge in [0.25, 0.3) is 0 Å². The number of benzene rings is 1. The molecule has 3 aliphatic rings. The van der Waals surface area contributed by atoms with Crippen molar-refractivity contribution in [3.05, 3.63) is 40.5 Å². The molecule has 126 valence electrons. The van der Waals surface area contributed by atoms with Crippen LogP contribution in [0.15, 0.2) is 29.3 Å². The monoisotopic (exact) mass is 328 g/mol. The number of aliphatic hydroxyl groups is 2. The Labute approximate surface area is 139 Å². The maximum absolute atomic E-state index is 13.1. The van der Waals surface area contributed by atoms with Crippen LogP contribution in [0.2, 0.25) is 0 Å². The highest BCUT2D eigenvalue weighted by Crippen LogP contribution is 2.54. The second-order valence-electron chi connectivity index (χ2n) is 7.38. The van der Waals surface area contributed by atoms with E-state index in [1.54, 1.807) is 0 Å². The van der Waals surface area contributed by atoms with Crippen molar-refractivity contribution in [2.24, 2.45) is 11.8 Å². The number of Topliss-reactive ketones (excluding diaryl/α,β-unsaturated/α-hetero) is 2. The quantitative estimate of drug-likeness (QED) is 0.677. The molecule has 0 aliphatic heterocycles. The lowest BCUT2D eigenvalue weighted by Crippen LogP contribution is -2.55. The first kappa shape index (κ1) is 15.5. The molecule has 0 fully saturated rings. The minimum atomic E-state index is -1.74. The molecular formula is C19H20O5. The van der Waals surface area contributed by atoms with E-state index in [4.69, 9.17) is 0 Å². The number of phenolic OH excluding ortho intramolecular Hbond substituents is 1. The first-order valence-electron chi connectivity index (χ1n) is 8.36. The lowest BCUT2D eigenvalue weighted by molar-refractivity contribution is -0.128. The fourth-order valence-electron chi connectivity index (χ4n) is 4.69. The predicted molar refractivity (Wildman–Crippen MR) is 85.5 cm³/mol. The Morgan fingerprint density at radius 1 is 1.21 bits per heavy atom. The van der Waals surface area contributed by atoms with Crippen LogP contribution in [0.3, 0.4) is 0 Å². The summed E-state index contributed by atoms with van der Waals surface area (Å²) in [4.78, 5) is 25.7. The van der Waals surface area contributed by atoms with E-state index < -0.39 is 17.6 Å². The molecule has 0 saturated heterocycles. The van der Waals surface area contributed by atoms with E-state index in [-0.39, 0.29) is 40.8 Å². The zero-order valence-corrected chi connectivity index (χ0v) is 13.5. The van der Waals surface area contributed by atoms with Crippen molar-refractivity contribution < 1.29 is 24.9 Å². The third-order valence-electron chi connectivity index (χ3n) is 5.78. The van der Waals surface area contributed by atoms with E-state index in [1.165, 1.54) is 18.2 Å². The fourth-order valence-corrected chi connectivity index (χ4v) is 4.69. The van der Waals surface area contributed by atoms with Gasteiger partial charge in [-0.15, -0.1) is 0 Å². The van der Waals surface area contributed by atoms with Crippen molar-refractivity contribution in [1.82, 2.24) is 0 Å². The van der Waals surface area contributed by atoms with Crippen LogP contribution in [0.4, 0.5) is 0 Å². The second-order valence-corrected chi connectivity index (χ2v) is 7.38. The summed E-state index contributed by atoms with van der Waals surface area (Å²) < 4.78 is 0. The smallest absolute Gasteiger partial charge is 0.173 e. The van der Waals surface area contributed by atoms with Crippen molar-refractivity contribution in [3.63, 3.8) is 0 Å². The van der Waals surface area contributed by atoms with Crippen LogP contribution in [0, 0.1) is 11.8 Å². The zero-order chi connectivity index (χ0) is 17.2. The van der Waals surface area contributed by atoms with E-state index in [2.05, 4.69) is 0 Å². The van der Waals surface area contributed by atoms with Crippen LogP contribution in [0.1, 0.15) is 54.6 Å². The molecule has 0 aromatic heterocycles. The molecule has 3 N–H and O–H groups in total. The number of aromatic hydroxyl groups is 1. The highest BCUT2D eigenvalue weighted by molar-refractivity contribution is 6.11. The van der Waals surface area contributed by atoms with E-state index in [9.17, 15) is 24.9 Å². The van der Waals surface area contributed by atoms with E-state index in [0.29, 0.717) is 18.4 Å². The highest BCUT2D eigenvalue weighted by atomic mass is 16.3. The van der Waals surface area contributed by atoms with Gasteiger partial charge in [0, 0.05) is 23.1 Å². The molecule has 0 amide bonds. The summed E-state index contributed by atoms with van der Waals surface area (Å²) in [5, 5.41) is 32.0. The summed E-state index contributed by atoms with van der Waals surface area (Å²) in [6.45, 7) is 2.01. The van der Waals surface area contributed by atoms with Crippen LogP contribution in [0.25, 0.3) is 0 Å². The maximum Gasteiger partial charge on any atom is 0.173 e. The minimum Gasteiger partial charge on any atom is -0.508 e. The summed E-state index contributed by atoms with van der Waals surface area (Å²) in [6.07, 6.45) is 0.423. The van der Waals surface area contributed by atoms with Gasteiger partial charge in [-0.25, -0.2) is 0 Å². The Morgan fingerprint density at radius 2 is 1.96 bits per heavy atom. The minimum absolute atomic E-state index is 0.0712. The zero-order valence-electron chi connectivity index (χ0n) is 13.5. The van der Waals surface area contributed by atoms with Gasteiger partial charge in [-0.3, -0.25) is 9.59 Å². The summed E-state index contributed by atoms with van der Waals surface area (Å²) in [6, 6.07) is 4.46. The lowest BCUT2D eigenvalue weighted by Gasteiger charge is -2.48. The van der Waals surface area contributed by atoms with Gasteiger partial charge in [0.05, 0.1) is 5.92 Å². The summed E-state index contributed by atoms with van der Waals surface area (Å²) in [7, 11) is 0. The predicted octanol–water partition coefficient (Wildman–Crippen LogP) is 2.06. The molecule has 0 unspecified atom stereocenters. The maximum atomic E-state index is 13.1. The van der Waals surface area contributed by atoms with E-state index in [0.717, 1.165) is 12.0 Å². The number of carbonyl (C=O) groups excluding carboxylic acids is 2. The third-order valence-corrected chi connectivity index (χ3v) is 5.78. The van der Waals surface area contributed by atoms with Crippen molar-refractivity contribution in [2.45, 2.75) is 44.3 Å². The Balaban J connectivity index is 1.94. The molecule has 0 bridgehead atoms. The molecule has 4 rings (SSSR count). The van der Waals surface area contributed by atoms with Gasteiger partial charge in [0.15, 0.2) is 11.6 Å². The van der Waals surface area contributed by atoms with Crippen molar-refractivity contribution in [3.8, 4) is 5.75 Å². The number of aliphatic hydroxyl groups excluding tert-OH is 1. The molecule has 0 spiro atoms. The Hall–Kier alpha value is -1.98. The Bertz CT molecular complexity index is 793. The average Bonchev–Trinajstić information content (AvgIpc) is 2.53. The molecule has 4 atom stereocenters. The standard InChI is InChI=1S/C19H20O5/c1-9-7-10-5-6-19(24)16(14(10)13(21)8-9)17(22)11-3-2-4-12(20)15(11)18(19)23/h2-4,9,16,18,20,23-24H,5-8H2,1H3/t9-,16+,18-,19-/m0/s1. The Morgan fingerprint density at radius 3 is 2.71 bits per heavy atom. The summed E-state index contributed by atoms with van der Waals surface area (Å²) >= 11 is 0. The third kappa shape index (κ3) is 1.88. The van der Waals surface area contributed by atoms with Gasteiger partial charge in [0.2, 0.25) is 0 Å². The van der Waals surface area contributed by atoms with Gasteiger partial charge < -0.3 is 15.3 Å². The molecule has 5 heteroatoms. The first-order chi connectivity index (χ1) is 11.3. The number of ketones is 2. The largest absolute Gasteiger partial charge is 0.508 e. The molecule has 1 aromatic rings. The molecule has 0 heterocycles. The summed E-state index contributed by atoms with van der Waals surface area (Å²) in [5.41, 5.74) is -0.130. The summed E-state index contributed by atoms with van der Waals surface area (Å²) in [5.74, 6) is -1.49. The molecule has 1 aromatic carbocycles. The molecule has 24 heavy (non-hydrogen) atoms. The van der Waals surface area contributed by atoms with Crippen LogP contribution in [-0.2, 0) is 4.79 Å². The normalized spacial score (nSPS) is 35.4. The van der Waals surface area contributed by atoms with Gasteiger partial charge in [-0.2, -0.15) is 0 Å². The molecular weight excluding hydrogens is 308 g/mol. The number of carbonyl (C=O) groups is 2. The van der Waals surface area contributed by atoms with Crippen LogP contribution < -0.4 is 0 Å². The first-order valence-corrected chi connectivity index (χ1v) is 8.36. The Kier molecular flexibility index (Phi) is 3.24. The van der Waals surface area contributed by atoms with Crippen LogP contribution in [0.5, 0.6) is 5.75 Å². The number of rotatable bonds is 0. The van der Waals surface area contributed by atoms with Crippen molar-refractivity contribution >= 4 is 11.6 Å². The molecule has 0 radical (unpaired) electrons. The molecule has 3 aliphatic carbocycles. The van der Waals surface area contributed by atoms with Gasteiger partial charge in [0.1, 0.15) is 17.5 Å². The number of hydrogen-bond donors (Lipinski definition) is 3. The van der Waals surface area contributed by atoms with Crippen molar-refractivity contribution in [1.29, 1.82) is 0 Å². The van der Waals surface area contributed by atoms with E-state index >= 15 is 0 Å². The topological polar surface area (TPSA) is 94.8 Å². The number of phenols is 1. The van der Waals surface area contributed by atoms with Crippen molar-refractivity contribution in [2.75, 3.05) is 0 Å². The van der Waals surface area contributed by atoms with Crippen LogP contribution >= 0.6 is 0 Å². The number of allylic oxidation sites excluding steroid dienone is 1. The van der Waals surface area contributed by atoms with Gasteiger partial charge in [-0.05, 0) is 31.2 Å². The van der Waals surface area contributed by atoms with E-state index in [1.807, 2.05) is 6.92 Å². The lowest BCUT2D eigenvalue weighted by atomic mass is 9.58. The average molecular weight is 328 g/mol. The number of hydrogen-bond acceptors (Lipinski definition) is 5. The van der Waals surface area contributed by atoms with Gasteiger partial charge in [-0.1, -0.05) is 24.6 Å².